The molecule has 0 saturated carbocycles. The number of amides is 1. The molecule has 0 spiro atoms. The van der Waals surface area contributed by atoms with Crippen LogP contribution >= 0.6 is 35.7 Å². The summed E-state index contributed by atoms with van der Waals surface area (Å²) in [5.74, 6) is 0.533. The summed E-state index contributed by atoms with van der Waals surface area (Å²) in [7, 11) is 0. The fourth-order valence-corrected chi connectivity index (χ4v) is 2.90. The molecule has 2 rings (SSSR count). The van der Waals surface area contributed by atoms with Crippen LogP contribution in [-0.4, -0.2) is 22.2 Å². The number of thiocarbonyl (C=S) groups is 1. The highest BCUT2D eigenvalue weighted by Crippen LogP contribution is 2.29. The van der Waals surface area contributed by atoms with Gasteiger partial charge in [-0.2, -0.15) is 0 Å². The number of carbonyl (C=O) groups excluding carboxylic acids is 1. The van der Waals surface area contributed by atoms with Gasteiger partial charge in [0.15, 0.2) is 0 Å². The Morgan fingerprint density at radius 1 is 1.53 bits per heavy atom. The molecule has 1 saturated heterocycles. The third kappa shape index (κ3) is 2.19. The van der Waals surface area contributed by atoms with Crippen molar-refractivity contribution < 1.29 is 4.79 Å². The Labute approximate surface area is 102 Å². The maximum atomic E-state index is 11.6. The van der Waals surface area contributed by atoms with Crippen molar-refractivity contribution in [3.8, 4) is 0 Å². The molecule has 15 heavy (non-hydrogen) atoms. The van der Waals surface area contributed by atoms with E-state index in [1.807, 2.05) is 30.5 Å². The van der Waals surface area contributed by atoms with E-state index in [-0.39, 0.29) is 5.91 Å². The first-order valence-corrected chi connectivity index (χ1v) is 6.98. The van der Waals surface area contributed by atoms with Crippen LogP contribution in [0.25, 0.3) is 0 Å². The van der Waals surface area contributed by atoms with Gasteiger partial charge in [-0.05, 0) is 24.5 Å². The van der Waals surface area contributed by atoms with E-state index < -0.39 is 0 Å². The van der Waals surface area contributed by atoms with E-state index in [4.69, 9.17) is 12.2 Å². The monoisotopic (exact) mass is 255 g/mol. The second-order valence-electron chi connectivity index (χ2n) is 2.99. The van der Waals surface area contributed by atoms with Gasteiger partial charge >= 0.3 is 0 Å². The zero-order chi connectivity index (χ0) is 10.8. The molecule has 0 aliphatic carbocycles. The Morgan fingerprint density at radius 3 is 2.93 bits per heavy atom. The Bertz CT molecular complexity index is 403. The number of thioether (sulfide) groups is 2. The van der Waals surface area contributed by atoms with Gasteiger partial charge in [0.25, 0.3) is 0 Å². The highest BCUT2D eigenvalue weighted by atomic mass is 32.2. The minimum atomic E-state index is 0.0725. The molecule has 1 aliphatic rings. The number of nitrogens with zero attached hydrogens (tertiary/aromatic N) is 1. The number of hydrogen-bond donors (Lipinski definition) is 0. The molecule has 1 amide bonds. The molecule has 1 aromatic rings. The average Bonchev–Trinajstić information content (AvgIpc) is 2.59. The smallest absolute Gasteiger partial charge is 0.243 e. The topological polar surface area (TPSA) is 20.3 Å². The number of hydrogen-bond acceptors (Lipinski definition) is 4. The Kier molecular flexibility index (Phi) is 3.33. The van der Waals surface area contributed by atoms with Gasteiger partial charge < -0.3 is 0 Å². The minimum absolute atomic E-state index is 0.0725. The third-order valence-corrected chi connectivity index (χ3v) is 4.14. The molecule has 1 aromatic carbocycles. The molecule has 2 nitrogen and oxygen atoms in total. The lowest BCUT2D eigenvalue weighted by Gasteiger charge is -2.15. The predicted molar refractivity (Wildman–Crippen MR) is 70.8 cm³/mol. The van der Waals surface area contributed by atoms with E-state index in [0.717, 1.165) is 10.6 Å². The second-order valence-corrected chi connectivity index (χ2v) is 5.47. The van der Waals surface area contributed by atoms with E-state index in [2.05, 4.69) is 0 Å². The Hall–Kier alpha value is -0.520. The summed E-state index contributed by atoms with van der Waals surface area (Å²) < 4.78 is 0.651. The van der Waals surface area contributed by atoms with Crippen molar-refractivity contribution in [1.29, 1.82) is 0 Å². The van der Waals surface area contributed by atoms with Crippen LogP contribution in [0.3, 0.4) is 0 Å². The van der Waals surface area contributed by atoms with Gasteiger partial charge in [-0.15, -0.1) is 11.8 Å². The van der Waals surface area contributed by atoms with Crippen LogP contribution in [0.15, 0.2) is 29.2 Å². The van der Waals surface area contributed by atoms with Crippen LogP contribution in [0.2, 0.25) is 0 Å². The minimum Gasteiger partial charge on any atom is -0.273 e. The number of anilines is 1. The van der Waals surface area contributed by atoms with Gasteiger partial charge in [0.2, 0.25) is 5.91 Å². The van der Waals surface area contributed by atoms with Crippen molar-refractivity contribution in [2.45, 2.75) is 4.90 Å². The van der Waals surface area contributed by atoms with Crippen molar-refractivity contribution in [3.05, 3.63) is 24.3 Å². The van der Waals surface area contributed by atoms with Crippen molar-refractivity contribution >= 4 is 51.7 Å². The SMILES string of the molecule is CSc1cccc(N2C(=O)CSC2=S)c1. The molecule has 78 valence electrons. The van der Waals surface area contributed by atoms with Gasteiger partial charge in [-0.25, -0.2) is 0 Å². The van der Waals surface area contributed by atoms with Gasteiger partial charge in [-0.1, -0.05) is 30.0 Å². The molecular weight excluding hydrogens is 246 g/mol. The highest BCUT2D eigenvalue weighted by molar-refractivity contribution is 8.24. The van der Waals surface area contributed by atoms with Gasteiger partial charge in [0, 0.05) is 4.90 Å². The molecule has 0 radical (unpaired) electrons. The van der Waals surface area contributed by atoms with Crippen molar-refractivity contribution in [2.24, 2.45) is 0 Å². The second kappa shape index (κ2) is 4.55. The van der Waals surface area contributed by atoms with E-state index in [1.54, 1.807) is 16.7 Å². The molecule has 0 aromatic heterocycles. The average molecular weight is 255 g/mol. The van der Waals surface area contributed by atoms with Gasteiger partial charge in [-0.3, -0.25) is 9.69 Å². The quantitative estimate of drug-likeness (QED) is 0.598. The van der Waals surface area contributed by atoms with Crippen LogP contribution in [0.1, 0.15) is 0 Å². The first-order valence-electron chi connectivity index (χ1n) is 4.36. The lowest BCUT2D eigenvalue weighted by molar-refractivity contribution is -0.115. The largest absolute Gasteiger partial charge is 0.273 e. The van der Waals surface area contributed by atoms with E-state index in [0.29, 0.717) is 10.1 Å². The van der Waals surface area contributed by atoms with Crippen LogP contribution in [0, 0.1) is 0 Å². The third-order valence-electron chi connectivity index (χ3n) is 2.06. The summed E-state index contributed by atoms with van der Waals surface area (Å²) in [4.78, 5) is 14.3. The first-order chi connectivity index (χ1) is 7.22. The van der Waals surface area contributed by atoms with Crippen molar-refractivity contribution in [1.82, 2.24) is 0 Å². The molecule has 1 fully saturated rings. The lowest BCUT2D eigenvalue weighted by Crippen LogP contribution is -2.27. The zero-order valence-electron chi connectivity index (χ0n) is 8.10. The molecular formula is C10H9NOS3. The number of rotatable bonds is 2. The summed E-state index contributed by atoms with van der Waals surface area (Å²) in [6.07, 6.45) is 2.01. The molecule has 1 aliphatic heterocycles. The van der Waals surface area contributed by atoms with Crippen molar-refractivity contribution in [2.75, 3.05) is 16.9 Å². The molecule has 1 heterocycles. The summed E-state index contributed by atoms with van der Waals surface area (Å²) in [5.41, 5.74) is 0.877. The Morgan fingerprint density at radius 2 is 2.33 bits per heavy atom. The lowest BCUT2D eigenvalue weighted by atomic mass is 10.3. The van der Waals surface area contributed by atoms with E-state index >= 15 is 0 Å². The van der Waals surface area contributed by atoms with E-state index in [1.165, 1.54) is 11.8 Å². The van der Waals surface area contributed by atoms with Gasteiger partial charge in [0.05, 0.1) is 11.4 Å². The normalized spacial score (nSPS) is 16.2. The highest BCUT2D eigenvalue weighted by Gasteiger charge is 2.27. The molecule has 0 atom stereocenters. The maximum Gasteiger partial charge on any atom is 0.243 e. The summed E-state index contributed by atoms with van der Waals surface area (Å²) in [5, 5.41) is 0. The van der Waals surface area contributed by atoms with Gasteiger partial charge in [0.1, 0.15) is 4.32 Å². The number of carbonyl (C=O) groups is 1. The van der Waals surface area contributed by atoms with Crippen LogP contribution in [0.5, 0.6) is 0 Å². The molecule has 0 N–H and O–H groups in total. The summed E-state index contributed by atoms with van der Waals surface area (Å²) >= 11 is 8.22. The predicted octanol–water partition coefficient (Wildman–Crippen LogP) is 2.77. The first kappa shape index (κ1) is 11.0. The van der Waals surface area contributed by atoms with Crippen LogP contribution < -0.4 is 4.90 Å². The fraction of sp³-hybridized carbons (Fsp3) is 0.200. The summed E-state index contributed by atoms with van der Waals surface area (Å²) in [6.45, 7) is 0. The van der Waals surface area contributed by atoms with Crippen molar-refractivity contribution in [3.63, 3.8) is 0 Å². The van der Waals surface area contributed by atoms with Crippen LogP contribution in [-0.2, 0) is 4.79 Å². The molecule has 5 heteroatoms. The molecule has 0 bridgehead atoms. The standard InChI is InChI=1S/C10H9NOS3/c1-14-8-4-2-3-7(5-8)11-9(12)6-15-10(11)13/h2-5H,6H2,1H3. The Balaban J connectivity index is 2.36. The zero-order valence-corrected chi connectivity index (χ0v) is 10.5. The fourth-order valence-electron chi connectivity index (χ4n) is 1.35. The van der Waals surface area contributed by atoms with E-state index in [9.17, 15) is 4.79 Å². The van der Waals surface area contributed by atoms with Crippen LogP contribution in [0.4, 0.5) is 5.69 Å². The molecule has 0 unspecified atom stereocenters. The number of benzene rings is 1. The maximum absolute atomic E-state index is 11.6. The summed E-state index contributed by atoms with van der Waals surface area (Å²) in [6, 6.07) is 7.86.